The molecule has 12 unspecified atom stereocenters. The summed E-state index contributed by atoms with van der Waals surface area (Å²) in [5.74, 6) is -16.2. The van der Waals surface area contributed by atoms with Crippen molar-refractivity contribution in [2.24, 2.45) is 50.7 Å². The lowest BCUT2D eigenvalue weighted by atomic mass is 9.79. The van der Waals surface area contributed by atoms with Crippen molar-refractivity contribution in [2.75, 3.05) is 53.4 Å². The van der Waals surface area contributed by atoms with Gasteiger partial charge in [-0.15, -0.1) is 0 Å². The van der Waals surface area contributed by atoms with E-state index in [-0.39, 0.29) is 79.6 Å². The van der Waals surface area contributed by atoms with Gasteiger partial charge in [0, 0.05) is 164 Å². The Morgan fingerprint density at radius 1 is 0.359 bits per heavy atom. The average Bonchev–Trinajstić information content (AvgIpc) is 1.48. The minimum atomic E-state index is -4.73. The number of hydrogen-bond donors (Lipinski definition) is 12. The van der Waals surface area contributed by atoms with E-state index in [0.717, 1.165) is 43.2 Å². The number of benzene rings is 6. The third kappa shape index (κ3) is 25.3. The number of aliphatic imine (C=N–C) groups is 2. The molecule has 43 heteroatoms. The molecule has 0 saturated heterocycles. The monoisotopic (exact) mass is 2010 g/mol. The largest absolute Gasteiger partial charge is 0.481 e. The molecule has 1 aliphatic carbocycles. The van der Waals surface area contributed by atoms with Gasteiger partial charge in [-0.05, 0) is 124 Å². The fourth-order valence-electron chi connectivity index (χ4n) is 18.8. The van der Waals surface area contributed by atoms with Crippen LogP contribution in [0.1, 0.15) is 195 Å². The van der Waals surface area contributed by atoms with Crippen LogP contribution in [0.25, 0.3) is 0 Å². The quantitative estimate of drug-likeness (QED) is 0.0187. The van der Waals surface area contributed by atoms with Crippen LogP contribution in [0.3, 0.4) is 0 Å². The number of carbonyl (C=O) groups is 12. The number of nitrogens with zero attached hydrogens (tertiary/aromatic N) is 10. The first-order valence-corrected chi connectivity index (χ1v) is 45.0. The zero-order valence-corrected chi connectivity index (χ0v) is 78.7. The molecule has 15 rings (SSSR count). The molecule has 0 spiro atoms. The third-order valence-electron chi connectivity index (χ3n) is 24.6. The summed E-state index contributed by atoms with van der Waals surface area (Å²) in [6, 6.07) is 38.2. The van der Waals surface area contributed by atoms with Gasteiger partial charge < -0.3 is 93.8 Å². The lowest BCUT2D eigenvalue weighted by Gasteiger charge is -2.41. The van der Waals surface area contributed by atoms with Crippen molar-refractivity contribution in [1.82, 2.24) is 39.4 Å². The highest BCUT2D eigenvalue weighted by atomic mass is 19.4. The second kappa shape index (κ2) is 47.8. The van der Waals surface area contributed by atoms with Crippen LogP contribution in [0.5, 0.6) is 0 Å². The van der Waals surface area contributed by atoms with Gasteiger partial charge in [-0.1, -0.05) is 149 Å². The highest BCUT2D eigenvalue weighted by Gasteiger charge is 2.55. The normalized spacial score (nSPS) is 21.5. The summed E-state index contributed by atoms with van der Waals surface area (Å²) in [5, 5.41) is 73.2. The molecule has 6 amide bonds. The van der Waals surface area contributed by atoms with Crippen LogP contribution >= 0.6 is 0 Å². The van der Waals surface area contributed by atoms with E-state index in [4.69, 9.17) is 33.8 Å². The van der Waals surface area contributed by atoms with E-state index >= 15 is 0 Å². The van der Waals surface area contributed by atoms with Gasteiger partial charge in [-0.3, -0.25) is 77.5 Å². The lowest BCUT2D eigenvalue weighted by molar-refractivity contribution is -0.153. The molecule has 2 aromatic heterocycles. The van der Waals surface area contributed by atoms with Crippen molar-refractivity contribution < 1.29 is 128 Å². The van der Waals surface area contributed by atoms with Crippen LogP contribution in [-0.4, -0.2) is 262 Å². The van der Waals surface area contributed by atoms with Crippen LogP contribution in [0, 0.1) is 28.6 Å². The number of carboxylic acid groups (broad SMARTS) is 6. The Kier molecular flexibility index (Phi) is 36.4. The number of halogens is 9. The number of carboxylic acids is 6. The lowest BCUT2D eigenvalue weighted by Crippen LogP contribution is -2.54. The number of nitrogens with two attached hydrogens (primary N) is 4. The highest BCUT2D eigenvalue weighted by Crippen LogP contribution is 2.49. The molecular formula is C102H105F9N16O18. The van der Waals surface area contributed by atoms with E-state index in [1.807, 2.05) is 33.8 Å². The Labute approximate surface area is 824 Å². The van der Waals surface area contributed by atoms with Crippen LogP contribution in [0.2, 0.25) is 0 Å². The van der Waals surface area contributed by atoms with Crippen LogP contribution in [-0.2, 0) is 28.8 Å². The highest BCUT2D eigenvalue weighted by molar-refractivity contribution is 6.07. The Bertz CT molecular complexity index is 6370. The molecule has 34 nitrogen and oxygen atoms in total. The minimum Gasteiger partial charge on any atom is -0.481 e. The van der Waals surface area contributed by atoms with Gasteiger partial charge in [0.1, 0.15) is 55.1 Å². The Morgan fingerprint density at radius 3 is 0.834 bits per heavy atom. The molecule has 7 aliphatic rings. The van der Waals surface area contributed by atoms with Crippen molar-refractivity contribution in [3.8, 4) is 0 Å². The molecule has 1 saturated carbocycles. The molecule has 145 heavy (non-hydrogen) atoms. The Hall–Kier alpha value is -16.5. The summed E-state index contributed by atoms with van der Waals surface area (Å²) in [4.78, 5) is 170. The fraction of sp³-hybridized carbons (Fsp3) is 0.314. The fourth-order valence-corrected chi connectivity index (χ4v) is 18.8. The zero-order chi connectivity index (χ0) is 107. The van der Waals surface area contributed by atoms with Crippen molar-refractivity contribution in [1.29, 1.82) is 10.8 Å². The standard InChI is InChI=1S/C19H18N2O3.C18H23N3O3.C17H13F3N2O3.C17H21N3O3.C16H16F3N3O3.C15H14F3N3O3/c22-18-15-6-2-1-5-14(15)16(19(23)24)17(13-4-3-9-20-10-13)21(18)11-12-7-8-12;1-11(2)10-21-16(12(8-19)9-20-3)15(18(23)24)13-6-4-5-7-14(13)17(21)22;18-17(19,20)9-22-14(10-4-3-7-21-8-10)13(16(24)25)11-5-1-2-6-12(11)15(22)23;1-10(2)9-20-15(11(7-18)8-19)14(17(22)23)12-5-3-4-6-13(12)16(20)21;1-21-7-9(6-20)13-12(15(24)25)10-4-2-3-5-11(10)14(23)22(13)8-16(17,18)19;16-15(17,18)7-21-12(8(5-19)6-20)11(14(23)24)9-3-1-2-4-10(9)13(21)22/h1-6,9-10,12,16-17H,7-8,11H2,(H,23,24);4-9,11,15-16H,10,19H2,1-3H3,(H,23,24);1-8,13-14H,9H2,(H,24,25);3-8,10,14-15,18H,9,19H2,1-2H3,(H,22,23);2-7,12-13H,8,20H2,1H3,(H,24,25);1-6,11-12,19H,7,20H2,(H,23,24)/b;;;11-8+,18-7?;;8-6+,19-5?. The van der Waals surface area contributed by atoms with Crippen LogP contribution < -0.4 is 22.9 Å². The number of aliphatic carboxylic acids is 6. The number of hydrogen-bond acceptors (Lipinski definition) is 22. The molecule has 0 bridgehead atoms. The molecule has 6 aliphatic heterocycles. The van der Waals surface area contributed by atoms with Crippen molar-refractivity contribution in [3.63, 3.8) is 0 Å². The first-order valence-electron chi connectivity index (χ1n) is 45.0. The van der Waals surface area contributed by atoms with E-state index in [1.54, 1.807) is 114 Å². The summed E-state index contributed by atoms with van der Waals surface area (Å²) in [6.07, 6.45) is 2.86. The van der Waals surface area contributed by atoms with E-state index in [2.05, 4.69) is 20.0 Å². The molecular weight excluding hydrogens is 1910 g/mol. The topological polar surface area (TPSA) is 548 Å². The number of alkyl halides is 9. The molecule has 12 atom stereocenters. The van der Waals surface area contributed by atoms with Gasteiger partial charge in [0.2, 0.25) is 0 Å². The van der Waals surface area contributed by atoms with E-state index in [9.17, 15) is 128 Å². The van der Waals surface area contributed by atoms with Crippen molar-refractivity contribution in [3.05, 3.63) is 320 Å². The van der Waals surface area contributed by atoms with Gasteiger partial charge in [0.15, 0.2) is 0 Å². The summed E-state index contributed by atoms with van der Waals surface area (Å²) < 4.78 is 117. The Morgan fingerprint density at radius 2 is 0.593 bits per heavy atom. The molecule has 8 heterocycles. The number of nitrogens with one attached hydrogen (secondary N) is 2. The first kappa shape index (κ1) is 110. The van der Waals surface area contributed by atoms with Gasteiger partial charge >= 0.3 is 54.3 Å². The maximum Gasteiger partial charge on any atom is 0.406 e. The predicted molar refractivity (Wildman–Crippen MR) is 512 cm³/mol. The molecule has 0 radical (unpaired) electrons. The summed E-state index contributed by atoms with van der Waals surface area (Å²) >= 11 is 0. The van der Waals surface area contributed by atoms with E-state index < -0.39 is 163 Å². The zero-order valence-electron chi connectivity index (χ0n) is 78.7. The molecule has 16 N–H and O–H groups in total. The number of pyridine rings is 2. The third-order valence-corrected chi connectivity index (χ3v) is 24.6. The SMILES string of the molecule is CC(C)CN1C(=O)c2ccccc2C(C(=O)O)C1/C(C=N)=C/N.CN=CC(=CN)C1C(C(=O)O)c2ccccc2C(=O)N1CC(C)C.CN=CC(=CN)C1C(C(=O)O)c2ccccc2C(=O)N1CC(F)(F)F.N=C/C(=C\N)C1C(C(=O)O)c2ccccc2C(=O)N1CC(F)(F)F.O=C(O)C1c2ccccc2C(=O)N(CC(F)(F)F)C1c1cccnc1.O=C(O)C1c2ccccc2C(=O)N(CC2CC2)C1c1cccnc1. The average molecular weight is 2010 g/mol. The summed E-state index contributed by atoms with van der Waals surface area (Å²) in [7, 11) is 2.95. The second-order valence-corrected chi connectivity index (χ2v) is 35.1. The van der Waals surface area contributed by atoms with E-state index in [1.165, 1.54) is 122 Å². The number of amides is 6. The van der Waals surface area contributed by atoms with Gasteiger partial charge in [-0.25, -0.2) is 0 Å². The molecule has 1 fully saturated rings. The van der Waals surface area contributed by atoms with Crippen molar-refractivity contribution in [2.45, 2.75) is 131 Å². The first-order chi connectivity index (χ1) is 68.7. The second-order valence-electron chi connectivity index (χ2n) is 35.1. The minimum absolute atomic E-state index is 0.0157. The predicted octanol–water partition coefficient (Wildman–Crippen LogP) is 13.1. The molecule has 6 aromatic carbocycles. The van der Waals surface area contributed by atoms with Crippen LogP contribution in [0.15, 0.2) is 252 Å². The van der Waals surface area contributed by atoms with Gasteiger partial charge in [-0.2, -0.15) is 39.5 Å². The summed E-state index contributed by atoms with van der Waals surface area (Å²) in [6.45, 7) is 4.56. The van der Waals surface area contributed by atoms with Crippen molar-refractivity contribution >= 4 is 96.1 Å². The maximum atomic E-state index is 13.0. The maximum absolute atomic E-state index is 13.0. The van der Waals surface area contributed by atoms with E-state index in [0.29, 0.717) is 91.0 Å². The number of rotatable bonds is 25. The smallest absolute Gasteiger partial charge is 0.406 e. The number of aromatic nitrogens is 2. The van der Waals surface area contributed by atoms with Gasteiger partial charge in [0.05, 0.1) is 36.3 Å². The molecule has 764 valence electrons. The number of fused-ring (bicyclic) bond motifs is 6. The Balaban J connectivity index is 0.000000178. The summed E-state index contributed by atoms with van der Waals surface area (Å²) in [5.41, 5.74) is 27.0. The number of carbonyl (C=O) groups excluding carboxylic acids is 6. The van der Waals surface area contributed by atoms with Crippen LogP contribution in [0.4, 0.5) is 39.5 Å². The molecule has 8 aromatic rings. The van der Waals surface area contributed by atoms with Gasteiger partial charge in [0.25, 0.3) is 35.4 Å².